The van der Waals surface area contributed by atoms with Crippen LogP contribution in [-0.4, -0.2) is 28.6 Å². The third kappa shape index (κ3) is 3.02. The van der Waals surface area contributed by atoms with Gasteiger partial charge in [0.05, 0.1) is 5.57 Å². The molecule has 1 aromatic carbocycles. The molecule has 1 aliphatic carbocycles. The van der Waals surface area contributed by atoms with Crippen molar-refractivity contribution in [3.05, 3.63) is 69.9 Å². The number of allylic oxidation sites excluding steroid dienone is 2. The van der Waals surface area contributed by atoms with E-state index < -0.39 is 0 Å². The van der Waals surface area contributed by atoms with Crippen LogP contribution in [0.25, 0.3) is 0 Å². The molecule has 2 bridgehead atoms. The maximum absolute atomic E-state index is 13.0. The molecule has 148 valence electrons. The van der Waals surface area contributed by atoms with Crippen molar-refractivity contribution in [1.82, 2.24) is 4.98 Å². The summed E-state index contributed by atoms with van der Waals surface area (Å²) < 4.78 is 0. The highest BCUT2D eigenvalue weighted by molar-refractivity contribution is 6.28. The van der Waals surface area contributed by atoms with Gasteiger partial charge in [-0.2, -0.15) is 0 Å². The molecule has 0 unspecified atom stereocenters. The van der Waals surface area contributed by atoms with Crippen LogP contribution in [0.1, 0.15) is 58.3 Å². The van der Waals surface area contributed by atoms with Crippen molar-refractivity contribution in [3.8, 4) is 0 Å². The van der Waals surface area contributed by atoms with Gasteiger partial charge in [-0.25, -0.2) is 4.98 Å². The number of carbonyl (C=O) groups excluding carboxylic acids is 2. The summed E-state index contributed by atoms with van der Waals surface area (Å²) >= 11 is 0. The first-order valence-corrected chi connectivity index (χ1v) is 10.6. The van der Waals surface area contributed by atoms with Crippen molar-refractivity contribution in [3.63, 3.8) is 0 Å². The van der Waals surface area contributed by atoms with Crippen LogP contribution in [0.5, 0.6) is 0 Å². The average molecular weight is 386 g/mol. The smallest absolute Gasteiger partial charge is 0.196 e. The number of pyridine rings is 1. The van der Waals surface area contributed by atoms with Gasteiger partial charge in [-0.05, 0) is 74.3 Å². The quantitative estimate of drug-likeness (QED) is 0.735. The van der Waals surface area contributed by atoms with Gasteiger partial charge in [0.25, 0.3) is 0 Å². The first kappa shape index (κ1) is 18.3. The summed E-state index contributed by atoms with van der Waals surface area (Å²) in [4.78, 5) is 33.1. The van der Waals surface area contributed by atoms with Crippen molar-refractivity contribution in [2.24, 2.45) is 0 Å². The molecule has 2 aliphatic heterocycles. The molecule has 0 atom stereocenters. The second-order valence-electron chi connectivity index (χ2n) is 8.70. The van der Waals surface area contributed by atoms with Gasteiger partial charge in [-0.3, -0.25) is 9.59 Å². The van der Waals surface area contributed by atoms with Crippen LogP contribution in [0, 0.1) is 13.8 Å². The van der Waals surface area contributed by atoms with Crippen molar-refractivity contribution >= 4 is 17.4 Å². The van der Waals surface area contributed by atoms with E-state index in [9.17, 15) is 9.59 Å². The van der Waals surface area contributed by atoms with Crippen LogP contribution >= 0.6 is 0 Å². The molecular weight excluding hydrogens is 360 g/mol. The fraction of sp³-hybridized carbons (Fsp3) is 0.400. The van der Waals surface area contributed by atoms with Crippen LogP contribution in [0.2, 0.25) is 0 Å². The Morgan fingerprint density at radius 3 is 2.52 bits per heavy atom. The molecule has 4 heteroatoms. The highest BCUT2D eigenvalue weighted by Gasteiger charge is 2.40. The Morgan fingerprint density at radius 2 is 1.83 bits per heavy atom. The number of nitrogens with zero attached hydrogens (tertiary/aromatic N) is 2. The summed E-state index contributed by atoms with van der Waals surface area (Å²) in [7, 11) is 0. The third-order valence-corrected chi connectivity index (χ3v) is 6.93. The number of rotatable bonds is 4. The predicted molar refractivity (Wildman–Crippen MR) is 114 cm³/mol. The Labute approximate surface area is 171 Å². The van der Waals surface area contributed by atoms with Gasteiger partial charge < -0.3 is 4.90 Å². The minimum atomic E-state index is -0.134. The molecule has 0 saturated carbocycles. The summed E-state index contributed by atoms with van der Waals surface area (Å²) in [6, 6.07) is 9.25. The molecule has 29 heavy (non-hydrogen) atoms. The van der Waals surface area contributed by atoms with E-state index in [1.807, 2.05) is 38.2 Å². The molecule has 0 N–H and O–H groups in total. The van der Waals surface area contributed by atoms with Gasteiger partial charge >= 0.3 is 0 Å². The standard InChI is InChI=1S/C25H26N2O2/c1-15-4-3-5-17-6-11-21(25(29)24(15)17)22(28)13-18-14-26-23(12-16(18)2)27-19-7-8-20(27)10-9-19/h3-5,11-12,14,19-20H,6-10,13H2,1-2H3. The van der Waals surface area contributed by atoms with E-state index in [4.69, 9.17) is 4.98 Å². The molecule has 5 rings (SSSR count). The lowest BCUT2D eigenvalue weighted by atomic mass is 9.84. The largest absolute Gasteiger partial charge is 0.351 e. The molecule has 0 spiro atoms. The lowest BCUT2D eigenvalue weighted by Crippen LogP contribution is -2.29. The van der Waals surface area contributed by atoms with E-state index >= 15 is 0 Å². The molecule has 0 amide bonds. The minimum absolute atomic E-state index is 0.109. The van der Waals surface area contributed by atoms with Gasteiger partial charge in [0.1, 0.15) is 5.82 Å². The Morgan fingerprint density at radius 1 is 1.10 bits per heavy atom. The zero-order chi connectivity index (χ0) is 20.1. The molecule has 4 nitrogen and oxygen atoms in total. The maximum atomic E-state index is 13.0. The van der Waals surface area contributed by atoms with Crippen LogP contribution in [-0.2, 0) is 17.6 Å². The summed E-state index contributed by atoms with van der Waals surface area (Å²) in [5.41, 5.74) is 4.97. The van der Waals surface area contributed by atoms with Gasteiger partial charge in [0.15, 0.2) is 11.6 Å². The van der Waals surface area contributed by atoms with E-state index in [2.05, 4.69) is 11.0 Å². The zero-order valence-electron chi connectivity index (χ0n) is 17.1. The maximum Gasteiger partial charge on any atom is 0.196 e. The second-order valence-corrected chi connectivity index (χ2v) is 8.70. The molecule has 2 fully saturated rings. The number of aromatic nitrogens is 1. The Kier molecular flexibility index (Phi) is 4.38. The van der Waals surface area contributed by atoms with Crippen molar-refractivity contribution in [2.75, 3.05) is 4.90 Å². The van der Waals surface area contributed by atoms with Crippen LogP contribution in [0.4, 0.5) is 5.82 Å². The summed E-state index contributed by atoms with van der Waals surface area (Å²) in [5, 5.41) is 0. The highest BCUT2D eigenvalue weighted by Crippen LogP contribution is 2.40. The fourth-order valence-corrected chi connectivity index (χ4v) is 5.35. The molecule has 1 aromatic heterocycles. The fourth-order valence-electron chi connectivity index (χ4n) is 5.35. The number of carbonyl (C=O) groups is 2. The van der Waals surface area contributed by atoms with E-state index in [-0.39, 0.29) is 18.0 Å². The first-order chi connectivity index (χ1) is 14.0. The highest BCUT2D eigenvalue weighted by atomic mass is 16.1. The Balaban J connectivity index is 1.36. The number of Topliss-reactive ketones (excluding diaryl/α,β-unsaturated/α-hetero) is 2. The van der Waals surface area contributed by atoms with Crippen molar-refractivity contribution in [2.45, 2.75) is 64.5 Å². The monoisotopic (exact) mass is 386 g/mol. The van der Waals surface area contributed by atoms with Gasteiger partial charge in [-0.1, -0.05) is 24.3 Å². The number of anilines is 1. The van der Waals surface area contributed by atoms with E-state index in [1.54, 1.807) is 6.08 Å². The molecule has 2 saturated heterocycles. The predicted octanol–water partition coefficient (Wildman–Crippen LogP) is 4.31. The number of hydrogen-bond acceptors (Lipinski definition) is 4. The number of ketones is 2. The molecule has 2 aromatic rings. The molecular formula is C25H26N2O2. The first-order valence-electron chi connectivity index (χ1n) is 10.6. The summed E-state index contributed by atoms with van der Waals surface area (Å²) in [5.74, 6) is 0.800. The second kappa shape index (κ2) is 6.94. The van der Waals surface area contributed by atoms with Crippen LogP contribution in [0.3, 0.4) is 0 Å². The van der Waals surface area contributed by atoms with Crippen molar-refractivity contribution < 1.29 is 9.59 Å². The van der Waals surface area contributed by atoms with Crippen LogP contribution < -0.4 is 4.90 Å². The van der Waals surface area contributed by atoms with Gasteiger partial charge in [0, 0.05) is 30.3 Å². The van der Waals surface area contributed by atoms with E-state index in [1.165, 1.54) is 25.7 Å². The third-order valence-electron chi connectivity index (χ3n) is 6.93. The zero-order valence-corrected chi connectivity index (χ0v) is 17.1. The number of benzene rings is 1. The number of fused-ring (bicyclic) bond motifs is 3. The molecule has 0 radical (unpaired) electrons. The SMILES string of the molecule is Cc1cc(N2C3CCC2CC3)ncc1CC(=O)C1=CCc2cccc(C)c2C1=O. The topological polar surface area (TPSA) is 50.3 Å². The van der Waals surface area contributed by atoms with Crippen LogP contribution in [0.15, 0.2) is 42.1 Å². The molecule has 3 heterocycles. The number of aryl methyl sites for hydroxylation is 2. The van der Waals surface area contributed by atoms with E-state index in [0.29, 0.717) is 29.6 Å². The normalized spacial score (nSPS) is 22.6. The lowest BCUT2D eigenvalue weighted by molar-refractivity contribution is -0.114. The average Bonchev–Trinajstić information content (AvgIpc) is 3.30. The molecule has 3 aliphatic rings. The van der Waals surface area contributed by atoms with E-state index in [0.717, 1.165) is 28.1 Å². The minimum Gasteiger partial charge on any atom is -0.351 e. The summed E-state index contributed by atoms with van der Waals surface area (Å²) in [6.07, 6.45) is 9.57. The Bertz CT molecular complexity index is 1030. The summed E-state index contributed by atoms with van der Waals surface area (Å²) in [6.45, 7) is 3.98. The number of hydrogen-bond donors (Lipinski definition) is 0. The Hall–Kier alpha value is -2.75. The van der Waals surface area contributed by atoms with Gasteiger partial charge in [0.2, 0.25) is 0 Å². The van der Waals surface area contributed by atoms with Gasteiger partial charge in [-0.15, -0.1) is 0 Å². The van der Waals surface area contributed by atoms with Crippen molar-refractivity contribution in [1.29, 1.82) is 0 Å². The lowest BCUT2D eigenvalue weighted by Gasteiger charge is -2.24.